The van der Waals surface area contributed by atoms with E-state index in [1.807, 2.05) is 18.2 Å². The second-order valence-electron chi connectivity index (χ2n) is 8.33. The van der Waals surface area contributed by atoms with E-state index in [-0.39, 0.29) is 18.5 Å². The Morgan fingerprint density at radius 1 is 1.19 bits per heavy atom. The molecule has 2 fully saturated rings. The van der Waals surface area contributed by atoms with Gasteiger partial charge in [-0.15, -0.1) is 0 Å². The van der Waals surface area contributed by atoms with E-state index < -0.39 is 0 Å². The number of hydrogen-bond acceptors (Lipinski definition) is 5. The molecule has 2 aliphatic heterocycles. The Balaban J connectivity index is 1.58. The summed E-state index contributed by atoms with van der Waals surface area (Å²) in [5.74, 6) is 0.304. The van der Waals surface area contributed by atoms with Gasteiger partial charge in [0.2, 0.25) is 5.91 Å². The lowest BCUT2D eigenvalue weighted by Gasteiger charge is -2.29. The van der Waals surface area contributed by atoms with Crippen molar-refractivity contribution in [3.63, 3.8) is 0 Å². The molecule has 2 N–H and O–H groups in total. The van der Waals surface area contributed by atoms with E-state index in [1.54, 1.807) is 0 Å². The average molecular weight is 438 g/mol. The summed E-state index contributed by atoms with van der Waals surface area (Å²) in [4.78, 5) is 17.1. The van der Waals surface area contributed by atoms with Crippen molar-refractivity contribution in [2.75, 3.05) is 49.1 Å². The zero-order chi connectivity index (χ0) is 21.8. The van der Waals surface area contributed by atoms with Gasteiger partial charge in [0.05, 0.1) is 6.07 Å². The van der Waals surface area contributed by atoms with E-state index in [9.17, 15) is 4.79 Å². The van der Waals surface area contributed by atoms with Crippen LogP contribution in [0.15, 0.2) is 42.5 Å². The number of nitrogens with one attached hydrogen (secondary N) is 2. The Bertz CT molecular complexity index is 965. The minimum atomic E-state index is -0.271. The molecule has 0 bridgehead atoms. The molecule has 2 saturated heterocycles. The summed E-state index contributed by atoms with van der Waals surface area (Å²) in [6.07, 6.45) is 0.772. The fourth-order valence-electron chi connectivity index (χ4n) is 4.51. The lowest BCUT2D eigenvalue weighted by Crippen LogP contribution is -2.43. The van der Waals surface area contributed by atoms with Gasteiger partial charge in [-0.05, 0) is 48.2 Å². The monoisotopic (exact) mass is 437 g/mol. The van der Waals surface area contributed by atoms with E-state index in [0.29, 0.717) is 10.9 Å². The topological polar surface area (TPSA) is 71.4 Å². The summed E-state index contributed by atoms with van der Waals surface area (Å²) >= 11 is 6.57. The Hall–Kier alpha value is -2.75. The van der Waals surface area contributed by atoms with Crippen molar-refractivity contribution in [3.8, 4) is 17.2 Å². The van der Waals surface area contributed by atoms with Crippen LogP contribution in [0.1, 0.15) is 13.3 Å². The predicted octanol–water partition coefficient (Wildman–Crippen LogP) is 3.27. The molecule has 0 saturated carbocycles. The third-order valence-electron chi connectivity index (χ3n) is 6.10. The van der Waals surface area contributed by atoms with E-state index >= 15 is 0 Å². The summed E-state index contributed by atoms with van der Waals surface area (Å²) < 4.78 is 0. The minimum Gasteiger partial charge on any atom is -0.369 e. The first-order chi connectivity index (χ1) is 15.1. The van der Waals surface area contributed by atoms with Crippen LogP contribution in [-0.4, -0.2) is 51.2 Å². The van der Waals surface area contributed by atoms with E-state index in [2.05, 4.69) is 57.7 Å². The fourth-order valence-corrected chi connectivity index (χ4v) is 4.74. The molecular weight excluding hydrogens is 410 g/mol. The normalized spacial score (nSPS) is 21.1. The first-order valence-electron chi connectivity index (χ1n) is 10.8. The summed E-state index contributed by atoms with van der Waals surface area (Å²) in [6.45, 7) is 7.02. The zero-order valence-corrected chi connectivity index (χ0v) is 18.5. The van der Waals surface area contributed by atoms with Crippen LogP contribution in [0.4, 0.5) is 11.4 Å². The van der Waals surface area contributed by atoms with Gasteiger partial charge < -0.3 is 20.4 Å². The first-order valence-corrected chi connectivity index (χ1v) is 11.2. The van der Waals surface area contributed by atoms with Crippen LogP contribution in [0.25, 0.3) is 11.1 Å². The van der Waals surface area contributed by atoms with Crippen molar-refractivity contribution < 1.29 is 4.79 Å². The van der Waals surface area contributed by atoms with Crippen LogP contribution in [0.5, 0.6) is 0 Å². The van der Waals surface area contributed by atoms with Crippen LogP contribution in [0.3, 0.4) is 0 Å². The molecule has 0 spiro atoms. The summed E-state index contributed by atoms with van der Waals surface area (Å²) in [5, 5.41) is 15.6. The second-order valence-corrected chi connectivity index (χ2v) is 8.74. The highest BCUT2D eigenvalue weighted by atomic mass is 35.5. The van der Waals surface area contributed by atoms with Crippen LogP contribution < -0.4 is 20.4 Å². The van der Waals surface area contributed by atoms with Gasteiger partial charge in [-0.25, -0.2) is 0 Å². The molecule has 0 unspecified atom stereocenters. The van der Waals surface area contributed by atoms with Gasteiger partial charge >= 0.3 is 0 Å². The van der Waals surface area contributed by atoms with Crippen LogP contribution in [-0.2, 0) is 4.79 Å². The smallest absolute Gasteiger partial charge is 0.243 e. The molecule has 6 nitrogen and oxygen atoms in total. The molecule has 2 atom stereocenters. The molecule has 31 heavy (non-hydrogen) atoms. The highest BCUT2D eigenvalue weighted by Gasteiger charge is 2.35. The molecule has 2 aromatic carbocycles. The summed E-state index contributed by atoms with van der Waals surface area (Å²) in [5.41, 5.74) is 4.22. The number of amides is 1. The number of rotatable bonds is 5. The van der Waals surface area contributed by atoms with Crippen molar-refractivity contribution in [3.05, 3.63) is 47.5 Å². The largest absolute Gasteiger partial charge is 0.369 e. The number of piperazine rings is 1. The van der Waals surface area contributed by atoms with Crippen molar-refractivity contribution in [2.45, 2.75) is 19.4 Å². The third kappa shape index (κ3) is 4.79. The molecule has 2 heterocycles. The van der Waals surface area contributed by atoms with E-state index in [4.69, 9.17) is 16.9 Å². The number of carbonyl (C=O) groups is 1. The highest BCUT2D eigenvalue weighted by Crippen LogP contribution is 2.36. The molecular formula is C24H28ClN5O. The quantitative estimate of drug-likeness (QED) is 0.702. The van der Waals surface area contributed by atoms with Crippen LogP contribution in [0.2, 0.25) is 5.02 Å². The standard InChI is InChI=1S/C24H28ClN5O/c1-17-14-23(24(31)28-9-8-26)30(16-17)20-6-7-22(25)21(15-20)18-2-4-19(5-3-18)29-12-10-27-11-13-29/h2-7,15,17,23,27H,9-14,16H2,1H3,(H,28,31)/t17-,23-/m0/s1. The van der Waals surface area contributed by atoms with E-state index in [0.717, 1.165) is 56.0 Å². The molecule has 7 heteroatoms. The number of hydrogen-bond donors (Lipinski definition) is 2. The van der Waals surface area contributed by atoms with Crippen molar-refractivity contribution in [2.24, 2.45) is 5.92 Å². The van der Waals surface area contributed by atoms with Crippen molar-refractivity contribution >= 4 is 28.9 Å². The molecule has 0 aromatic heterocycles. The lowest BCUT2D eigenvalue weighted by molar-refractivity contribution is -0.122. The number of nitriles is 1. The van der Waals surface area contributed by atoms with Gasteiger partial charge in [0, 0.05) is 54.7 Å². The Morgan fingerprint density at radius 2 is 1.90 bits per heavy atom. The van der Waals surface area contributed by atoms with Crippen LogP contribution in [0, 0.1) is 17.2 Å². The summed E-state index contributed by atoms with van der Waals surface area (Å²) in [6, 6.07) is 16.2. The maximum atomic E-state index is 12.6. The molecule has 2 aliphatic rings. The predicted molar refractivity (Wildman–Crippen MR) is 126 cm³/mol. The Morgan fingerprint density at radius 3 is 2.61 bits per heavy atom. The first kappa shape index (κ1) is 21.5. The molecule has 0 radical (unpaired) electrons. The molecule has 0 aliphatic carbocycles. The molecule has 162 valence electrons. The molecule has 2 aromatic rings. The molecule has 1 amide bonds. The van der Waals surface area contributed by atoms with Gasteiger partial charge in [-0.3, -0.25) is 4.79 Å². The zero-order valence-electron chi connectivity index (χ0n) is 17.8. The number of anilines is 2. The van der Waals surface area contributed by atoms with Crippen molar-refractivity contribution in [1.29, 1.82) is 5.26 Å². The average Bonchev–Trinajstić information content (AvgIpc) is 3.20. The molecule has 4 rings (SSSR count). The fraction of sp³-hybridized carbons (Fsp3) is 0.417. The lowest BCUT2D eigenvalue weighted by atomic mass is 10.0. The number of nitrogens with zero attached hydrogens (tertiary/aromatic N) is 3. The SMILES string of the molecule is C[C@H]1C[C@@H](C(=O)NCC#N)N(c2ccc(Cl)c(-c3ccc(N4CCNCC4)cc3)c2)C1. The highest BCUT2D eigenvalue weighted by molar-refractivity contribution is 6.33. The van der Waals surface area contributed by atoms with Gasteiger partial charge in [0.1, 0.15) is 12.6 Å². The third-order valence-corrected chi connectivity index (χ3v) is 6.43. The van der Waals surface area contributed by atoms with Gasteiger partial charge in [-0.1, -0.05) is 30.7 Å². The maximum Gasteiger partial charge on any atom is 0.243 e. The Labute approximate surface area is 188 Å². The second kappa shape index (κ2) is 9.59. The number of carbonyl (C=O) groups excluding carboxylic acids is 1. The maximum absolute atomic E-state index is 12.6. The van der Waals surface area contributed by atoms with Gasteiger partial charge in [0.25, 0.3) is 0 Å². The van der Waals surface area contributed by atoms with Crippen molar-refractivity contribution in [1.82, 2.24) is 10.6 Å². The van der Waals surface area contributed by atoms with Gasteiger partial charge in [-0.2, -0.15) is 5.26 Å². The Kier molecular flexibility index (Phi) is 6.64. The van der Waals surface area contributed by atoms with Gasteiger partial charge in [0.15, 0.2) is 0 Å². The number of halogens is 1. The van der Waals surface area contributed by atoms with E-state index in [1.165, 1.54) is 5.69 Å². The minimum absolute atomic E-state index is 0.0306. The number of benzene rings is 2. The van der Waals surface area contributed by atoms with Crippen LogP contribution >= 0.6 is 11.6 Å². The summed E-state index contributed by atoms with van der Waals surface area (Å²) in [7, 11) is 0.